The molecule has 0 amide bonds. The Bertz CT molecular complexity index is 1350. The molecule has 0 saturated carbocycles. The van der Waals surface area contributed by atoms with Crippen molar-refractivity contribution in [1.82, 2.24) is 4.98 Å². The number of aromatic nitrogens is 2. The lowest BCUT2D eigenvalue weighted by Crippen LogP contribution is -2.31. The number of hydrogen-bond donors (Lipinski definition) is 0. The maximum Gasteiger partial charge on any atom is 0.232 e. The molecule has 30 heavy (non-hydrogen) atoms. The van der Waals surface area contributed by atoms with Gasteiger partial charge in [-0.15, -0.1) is 11.3 Å². The first kappa shape index (κ1) is 20.3. The Morgan fingerprint density at radius 2 is 1.50 bits per heavy atom. The Morgan fingerprint density at radius 1 is 0.900 bits per heavy atom. The topological polar surface area (TPSA) is 40.6 Å². The summed E-state index contributed by atoms with van der Waals surface area (Å²) in [6, 6.07) is 11.2. The fraction of sp³-hybridized carbons (Fsp3) is 0.269. The molecule has 3 nitrogen and oxygen atoms in total. The highest BCUT2D eigenvalue weighted by atomic mass is 32.1. The van der Waals surface area contributed by atoms with Crippen LogP contribution >= 0.6 is 11.3 Å². The van der Waals surface area contributed by atoms with Gasteiger partial charge in [0.25, 0.3) is 0 Å². The third kappa shape index (κ3) is 3.20. The van der Waals surface area contributed by atoms with E-state index in [1.165, 1.54) is 44.5 Å². The predicted octanol–water partition coefficient (Wildman–Crippen LogP) is 6.18. The monoisotopic (exact) mass is 412 g/mol. The van der Waals surface area contributed by atoms with E-state index >= 15 is 0 Å². The number of pyridine rings is 1. The third-order valence-electron chi connectivity index (χ3n) is 5.85. The average molecular weight is 413 g/mol. The van der Waals surface area contributed by atoms with Crippen LogP contribution in [0.5, 0.6) is 0 Å². The number of rotatable bonds is 2. The summed E-state index contributed by atoms with van der Waals surface area (Å²) in [5.41, 5.74) is 12.4. The molecule has 0 N–H and O–H groups in total. The molecule has 0 fully saturated rings. The number of aryl methyl sites for hydroxylation is 6. The van der Waals surface area contributed by atoms with Gasteiger partial charge in [0.1, 0.15) is 33.9 Å². The number of nitrogens with zero attached hydrogens (tertiary/aromatic N) is 3. The predicted molar refractivity (Wildman–Crippen MR) is 125 cm³/mol. The smallest absolute Gasteiger partial charge is 0.232 e. The minimum absolute atomic E-state index is 0.614. The highest BCUT2D eigenvalue weighted by Crippen LogP contribution is 2.40. The molecular formula is C26H26N3S+. The van der Waals surface area contributed by atoms with Crippen LogP contribution in [0.3, 0.4) is 0 Å². The summed E-state index contributed by atoms with van der Waals surface area (Å²) in [6.45, 7) is 12.9. The molecule has 0 aliphatic heterocycles. The summed E-state index contributed by atoms with van der Waals surface area (Å²) in [7, 11) is 2.02. The van der Waals surface area contributed by atoms with Gasteiger partial charge in [0.05, 0.1) is 5.56 Å². The molecule has 0 spiro atoms. The standard InChI is InChI=1S/C26H26N3S/c1-14-9-17(4)22(18(5)10-14)26-28-23-20(12-27)13-29(7)24(25(23)30-26)21-11-15(2)8-16(3)19(21)6/h8-11,13H,1-7H3/q+1. The lowest BCUT2D eigenvalue weighted by atomic mass is 9.97. The summed E-state index contributed by atoms with van der Waals surface area (Å²) in [5.74, 6) is 0. The SMILES string of the molecule is Cc1cc(C)c(-c2nc3c(C#N)c[n+](C)c(-c4cc(C)cc(C)c4C)c3s2)c(C)c1. The van der Waals surface area contributed by atoms with Crippen LogP contribution in [0.25, 0.3) is 32.0 Å². The van der Waals surface area contributed by atoms with Crippen LogP contribution in [-0.4, -0.2) is 4.98 Å². The maximum absolute atomic E-state index is 9.79. The van der Waals surface area contributed by atoms with Gasteiger partial charge in [-0.25, -0.2) is 4.98 Å². The lowest BCUT2D eigenvalue weighted by molar-refractivity contribution is -0.659. The van der Waals surface area contributed by atoms with E-state index in [2.05, 4.69) is 76.4 Å². The highest BCUT2D eigenvalue weighted by molar-refractivity contribution is 7.22. The first-order valence-corrected chi connectivity index (χ1v) is 10.9. The van der Waals surface area contributed by atoms with E-state index in [4.69, 9.17) is 4.98 Å². The molecule has 0 unspecified atom stereocenters. The van der Waals surface area contributed by atoms with Gasteiger partial charge >= 0.3 is 0 Å². The van der Waals surface area contributed by atoms with Gasteiger partial charge in [0, 0.05) is 5.56 Å². The molecule has 2 heterocycles. The van der Waals surface area contributed by atoms with Crippen LogP contribution in [0.1, 0.15) is 38.9 Å². The molecule has 150 valence electrons. The van der Waals surface area contributed by atoms with Crippen molar-refractivity contribution in [3.63, 3.8) is 0 Å². The van der Waals surface area contributed by atoms with Crippen LogP contribution in [0.4, 0.5) is 0 Å². The van der Waals surface area contributed by atoms with Crippen LogP contribution in [0, 0.1) is 52.9 Å². The molecule has 2 aromatic heterocycles. The van der Waals surface area contributed by atoms with E-state index in [0.717, 1.165) is 20.9 Å². The normalized spacial score (nSPS) is 11.1. The molecule has 0 saturated heterocycles. The molecular weight excluding hydrogens is 386 g/mol. The highest BCUT2D eigenvalue weighted by Gasteiger charge is 2.25. The van der Waals surface area contributed by atoms with Gasteiger partial charge in [-0.3, -0.25) is 0 Å². The van der Waals surface area contributed by atoms with Gasteiger partial charge < -0.3 is 0 Å². The van der Waals surface area contributed by atoms with Gasteiger partial charge in [0.15, 0.2) is 6.20 Å². The fourth-order valence-corrected chi connectivity index (χ4v) is 5.80. The summed E-state index contributed by atoms with van der Waals surface area (Å²) in [4.78, 5) is 4.99. The Balaban J connectivity index is 2.11. The number of fused-ring (bicyclic) bond motifs is 1. The molecule has 2 aromatic carbocycles. The summed E-state index contributed by atoms with van der Waals surface area (Å²) < 4.78 is 3.15. The minimum Gasteiger partial charge on any atom is -0.234 e. The zero-order valence-electron chi connectivity index (χ0n) is 18.6. The quantitative estimate of drug-likeness (QED) is 0.369. The molecule has 4 heteroatoms. The van der Waals surface area contributed by atoms with Crippen molar-refractivity contribution in [1.29, 1.82) is 5.26 Å². The molecule has 0 bridgehead atoms. The van der Waals surface area contributed by atoms with Crippen LogP contribution < -0.4 is 4.57 Å². The Hall–Kier alpha value is -3.03. The Labute approximate surface area is 182 Å². The lowest BCUT2D eigenvalue weighted by Gasteiger charge is -2.10. The van der Waals surface area contributed by atoms with E-state index in [1.54, 1.807) is 11.3 Å². The van der Waals surface area contributed by atoms with Crippen molar-refractivity contribution < 1.29 is 4.57 Å². The number of nitriles is 1. The number of benzene rings is 2. The van der Waals surface area contributed by atoms with E-state index in [9.17, 15) is 5.26 Å². The van der Waals surface area contributed by atoms with Gasteiger partial charge in [-0.1, -0.05) is 29.3 Å². The zero-order valence-corrected chi connectivity index (χ0v) is 19.5. The van der Waals surface area contributed by atoms with Crippen molar-refractivity contribution in [2.75, 3.05) is 0 Å². The summed E-state index contributed by atoms with van der Waals surface area (Å²) in [6.07, 6.45) is 1.91. The van der Waals surface area contributed by atoms with E-state index < -0.39 is 0 Å². The van der Waals surface area contributed by atoms with Crippen LogP contribution in [0.2, 0.25) is 0 Å². The zero-order chi connectivity index (χ0) is 21.7. The maximum atomic E-state index is 9.79. The average Bonchev–Trinajstić information content (AvgIpc) is 3.07. The molecule has 0 aliphatic carbocycles. The molecule has 0 radical (unpaired) electrons. The fourth-order valence-electron chi connectivity index (χ4n) is 4.45. The molecule has 0 aliphatic rings. The van der Waals surface area contributed by atoms with Gasteiger partial charge in [-0.2, -0.15) is 9.83 Å². The van der Waals surface area contributed by atoms with Gasteiger partial charge in [-0.05, 0) is 69.9 Å². The molecule has 0 atom stereocenters. The Kier molecular flexibility index (Phi) is 4.95. The van der Waals surface area contributed by atoms with Crippen molar-refractivity contribution in [3.05, 3.63) is 69.4 Å². The largest absolute Gasteiger partial charge is 0.234 e. The van der Waals surface area contributed by atoms with Gasteiger partial charge in [0.2, 0.25) is 5.69 Å². The van der Waals surface area contributed by atoms with E-state index in [-0.39, 0.29) is 0 Å². The van der Waals surface area contributed by atoms with Crippen LogP contribution in [-0.2, 0) is 7.05 Å². The number of hydrogen-bond acceptors (Lipinski definition) is 3. The second kappa shape index (κ2) is 7.34. The number of thiazole rings is 1. The second-order valence-corrected chi connectivity index (χ2v) is 9.34. The van der Waals surface area contributed by atoms with Crippen molar-refractivity contribution in [3.8, 4) is 27.9 Å². The van der Waals surface area contributed by atoms with Crippen molar-refractivity contribution >= 4 is 21.6 Å². The Morgan fingerprint density at radius 3 is 2.13 bits per heavy atom. The first-order valence-electron chi connectivity index (χ1n) is 10.1. The minimum atomic E-state index is 0.614. The molecule has 4 rings (SSSR count). The van der Waals surface area contributed by atoms with Crippen LogP contribution in [0.15, 0.2) is 30.5 Å². The van der Waals surface area contributed by atoms with E-state index in [0.29, 0.717) is 5.56 Å². The first-order chi connectivity index (χ1) is 14.2. The van der Waals surface area contributed by atoms with Crippen molar-refractivity contribution in [2.24, 2.45) is 7.05 Å². The summed E-state index contributed by atoms with van der Waals surface area (Å²) >= 11 is 1.69. The third-order valence-corrected chi connectivity index (χ3v) is 6.93. The van der Waals surface area contributed by atoms with Crippen molar-refractivity contribution in [2.45, 2.75) is 41.5 Å². The summed E-state index contributed by atoms with van der Waals surface area (Å²) in [5, 5.41) is 10.8. The van der Waals surface area contributed by atoms with E-state index in [1.807, 2.05) is 13.2 Å². The second-order valence-electron chi connectivity index (χ2n) is 8.34. The molecule has 4 aromatic rings.